The Labute approximate surface area is 84.7 Å². The van der Waals surface area contributed by atoms with Crippen molar-refractivity contribution in [1.82, 2.24) is 4.90 Å². The molecule has 2 heterocycles. The van der Waals surface area contributed by atoms with E-state index in [1.807, 2.05) is 0 Å². The van der Waals surface area contributed by atoms with Crippen molar-refractivity contribution in [2.75, 3.05) is 24.7 Å². The second kappa shape index (κ2) is 4.67. The van der Waals surface area contributed by atoms with E-state index >= 15 is 0 Å². The number of aliphatic hydroxyl groups is 1. The Morgan fingerprint density at radius 1 is 1.31 bits per heavy atom. The first-order valence-electron chi connectivity index (χ1n) is 5.36. The van der Waals surface area contributed by atoms with Crippen LogP contribution < -0.4 is 0 Å². The van der Waals surface area contributed by atoms with Gasteiger partial charge in [0.2, 0.25) is 0 Å². The molecular formula is C10H19NOS. The fourth-order valence-electron chi connectivity index (χ4n) is 2.52. The molecule has 13 heavy (non-hydrogen) atoms. The van der Waals surface area contributed by atoms with E-state index in [2.05, 4.69) is 16.7 Å². The van der Waals surface area contributed by atoms with Crippen LogP contribution in [0.5, 0.6) is 0 Å². The molecule has 76 valence electrons. The van der Waals surface area contributed by atoms with E-state index < -0.39 is 0 Å². The summed E-state index contributed by atoms with van der Waals surface area (Å²) in [5.41, 5.74) is 0. The molecule has 3 heteroatoms. The first kappa shape index (κ1) is 9.81. The van der Waals surface area contributed by atoms with Crippen LogP contribution in [0.2, 0.25) is 0 Å². The lowest BCUT2D eigenvalue weighted by Gasteiger charge is -2.34. The minimum atomic E-state index is 0.362. The molecule has 2 saturated heterocycles. The maximum Gasteiger partial charge on any atom is 0.0586 e. The highest BCUT2D eigenvalue weighted by Crippen LogP contribution is 2.27. The second-order valence-electron chi connectivity index (χ2n) is 4.09. The molecule has 0 aromatic rings. The van der Waals surface area contributed by atoms with E-state index in [4.69, 9.17) is 0 Å². The van der Waals surface area contributed by atoms with Gasteiger partial charge in [-0.3, -0.25) is 4.90 Å². The number of hydrogen-bond donors (Lipinski definition) is 1. The minimum absolute atomic E-state index is 0.362. The summed E-state index contributed by atoms with van der Waals surface area (Å²) in [6.45, 7) is 1.58. The third kappa shape index (κ3) is 2.20. The standard InChI is InChI=1S/C10H19NOS/c12-7-9-3-1-5-11(9)10-4-2-6-13-8-10/h9-10,12H,1-8H2/t9-,10?/m0/s1. The monoisotopic (exact) mass is 201 g/mol. The van der Waals surface area contributed by atoms with Crippen LogP contribution in [0.1, 0.15) is 25.7 Å². The lowest BCUT2D eigenvalue weighted by molar-refractivity contribution is 0.122. The molecule has 0 aromatic carbocycles. The number of thioether (sulfide) groups is 1. The molecule has 2 rings (SSSR count). The average molecular weight is 201 g/mol. The summed E-state index contributed by atoms with van der Waals surface area (Å²) in [7, 11) is 0. The second-order valence-corrected chi connectivity index (χ2v) is 5.24. The number of hydrogen-bond acceptors (Lipinski definition) is 3. The van der Waals surface area contributed by atoms with Gasteiger partial charge in [0, 0.05) is 17.8 Å². The van der Waals surface area contributed by atoms with Gasteiger partial charge >= 0.3 is 0 Å². The van der Waals surface area contributed by atoms with Crippen molar-refractivity contribution in [2.45, 2.75) is 37.8 Å². The van der Waals surface area contributed by atoms with E-state index in [0.29, 0.717) is 12.6 Å². The molecule has 2 aliphatic heterocycles. The van der Waals surface area contributed by atoms with Gasteiger partial charge in [0.15, 0.2) is 0 Å². The van der Waals surface area contributed by atoms with Gasteiger partial charge in [0.05, 0.1) is 6.61 Å². The maximum absolute atomic E-state index is 9.22. The highest BCUT2D eigenvalue weighted by Gasteiger charge is 2.30. The van der Waals surface area contributed by atoms with Crippen LogP contribution in [0.3, 0.4) is 0 Å². The van der Waals surface area contributed by atoms with Gasteiger partial charge in [-0.05, 0) is 38.0 Å². The molecule has 2 aliphatic rings. The average Bonchev–Trinajstić information content (AvgIpc) is 2.67. The SMILES string of the molecule is OC[C@@H]1CCCN1C1CCCSC1. The van der Waals surface area contributed by atoms with Gasteiger partial charge in [-0.15, -0.1) is 0 Å². The molecule has 0 saturated carbocycles. The zero-order valence-corrected chi connectivity index (χ0v) is 8.93. The Morgan fingerprint density at radius 3 is 2.92 bits per heavy atom. The Kier molecular flexibility index (Phi) is 3.52. The van der Waals surface area contributed by atoms with E-state index in [0.717, 1.165) is 6.04 Å². The predicted molar refractivity (Wildman–Crippen MR) is 57.2 cm³/mol. The predicted octanol–water partition coefficient (Wildman–Crippen LogP) is 1.34. The van der Waals surface area contributed by atoms with Gasteiger partial charge in [-0.2, -0.15) is 11.8 Å². The highest BCUT2D eigenvalue weighted by molar-refractivity contribution is 7.99. The summed E-state index contributed by atoms with van der Waals surface area (Å²) in [6.07, 6.45) is 5.21. The molecule has 2 atom stereocenters. The Morgan fingerprint density at radius 2 is 2.23 bits per heavy atom. The summed E-state index contributed by atoms with van der Waals surface area (Å²) in [6, 6.07) is 1.24. The topological polar surface area (TPSA) is 23.5 Å². The van der Waals surface area contributed by atoms with Gasteiger partial charge in [0.25, 0.3) is 0 Å². The summed E-state index contributed by atoms with van der Waals surface area (Å²) in [5, 5.41) is 9.22. The number of aliphatic hydroxyl groups excluding tert-OH is 1. The molecule has 1 N–H and O–H groups in total. The third-order valence-electron chi connectivity index (χ3n) is 3.24. The van der Waals surface area contributed by atoms with E-state index in [-0.39, 0.29) is 0 Å². The van der Waals surface area contributed by atoms with Crippen molar-refractivity contribution in [3.63, 3.8) is 0 Å². The fraction of sp³-hybridized carbons (Fsp3) is 1.00. The molecule has 0 spiro atoms. The molecule has 0 aromatic heterocycles. The van der Waals surface area contributed by atoms with Crippen molar-refractivity contribution in [3.8, 4) is 0 Å². The van der Waals surface area contributed by atoms with Crippen LogP contribution in [-0.4, -0.2) is 46.7 Å². The summed E-state index contributed by atoms with van der Waals surface area (Å²) in [4.78, 5) is 2.55. The van der Waals surface area contributed by atoms with E-state index in [1.165, 1.54) is 43.7 Å². The number of likely N-dealkylation sites (tertiary alicyclic amines) is 1. The third-order valence-corrected chi connectivity index (χ3v) is 4.44. The van der Waals surface area contributed by atoms with Crippen LogP contribution in [-0.2, 0) is 0 Å². The summed E-state index contributed by atoms with van der Waals surface area (Å²) in [5.74, 6) is 2.63. The van der Waals surface area contributed by atoms with E-state index in [1.54, 1.807) is 0 Å². The van der Waals surface area contributed by atoms with Gasteiger partial charge in [-0.25, -0.2) is 0 Å². The van der Waals surface area contributed by atoms with Crippen LogP contribution in [0.4, 0.5) is 0 Å². The molecular weight excluding hydrogens is 182 g/mol. The zero-order valence-electron chi connectivity index (χ0n) is 8.11. The molecule has 1 unspecified atom stereocenters. The van der Waals surface area contributed by atoms with Crippen LogP contribution in [0.15, 0.2) is 0 Å². The Hall–Kier alpha value is 0.270. The zero-order chi connectivity index (χ0) is 9.10. The lowest BCUT2D eigenvalue weighted by atomic mass is 10.1. The van der Waals surface area contributed by atoms with Crippen molar-refractivity contribution in [1.29, 1.82) is 0 Å². The molecule has 2 fully saturated rings. The van der Waals surface area contributed by atoms with Crippen molar-refractivity contribution in [3.05, 3.63) is 0 Å². The fourth-order valence-corrected chi connectivity index (χ4v) is 3.69. The summed E-state index contributed by atoms with van der Waals surface area (Å²) < 4.78 is 0. The summed E-state index contributed by atoms with van der Waals surface area (Å²) >= 11 is 2.08. The van der Waals surface area contributed by atoms with Crippen LogP contribution in [0, 0.1) is 0 Å². The molecule has 0 amide bonds. The molecule has 2 nitrogen and oxygen atoms in total. The smallest absolute Gasteiger partial charge is 0.0586 e. The maximum atomic E-state index is 9.22. The first-order valence-corrected chi connectivity index (χ1v) is 6.51. The Balaban J connectivity index is 1.90. The highest BCUT2D eigenvalue weighted by atomic mass is 32.2. The normalized spacial score (nSPS) is 36.7. The number of nitrogens with zero attached hydrogens (tertiary/aromatic N) is 1. The van der Waals surface area contributed by atoms with Crippen LogP contribution in [0.25, 0.3) is 0 Å². The lowest BCUT2D eigenvalue weighted by Crippen LogP contribution is -2.43. The quantitative estimate of drug-likeness (QED) is 0.729. The van der Waals surface area contributed by atoms with Gasteiger partial charge in [-0.1, -0.05) is 0 Å². The van der Waals surface area contributed by atoms with Gasteiger partial charge < -0.3 is 5.11 Å². The molecule has 0 aliphatic carbocycles. The number of rotatable bonds is 2. The van der Waals surface area contributed by atoms with Crippen LogP contribution >= 0.6 is 11.8 Å². The largest absolute Gasteiger partial charge is 0.395 e. The van der Waals surface area contributed by atoms with Gasteiger partial charge in [0.1, 0.15) is 0 Å². The van der Waals surface area contributed by atoms with Crippen molar-refractivity contribution >= 4 is 11.8 Å². The molecule has 0 radical (unpaired) electrons. The minimum Gasteiger partial charge on any atom is -0.395 e. The molecule has 0 bridgehead atoms. The Bertz CT molecular complexity index is 159. The van der Waals surface area contributed by atoms with Crippen molar-refractivity contribution < 1.29 is 5.11 Å². The first-order chi connectivity index (χ1) is 6.42. The van der Waals surface area contributed by atoms with Crippen molar-refractivity contribution in [2.24, 2.45) is 0 Å². The van der Waals surface area contributed by atoms with E-state index in [9.17, 15) is 5.11 Å².